The van der Waals surface area contributed by atoms with E-state index in [0.717, 1.165) is 0 Å². The number of nitrogens with one attached hydrogen (secondary N) is 1. The fraction of sp³-hybridized carbons (Fsp3) is 0.231. The molecule has 106 valence electrons. The van der Waals surface area contributed by atoms with Gasteiger partial charge in [0, 0.05) is 12.3 Å². The third-order valence-corrected chi connectivity index (χ3v) is 3.51. The number of carbonyl (C=O) groups excluding carboxylic acids is 1. The van der Waals surface area contributed by atoms with Gasteiger partial charge in [0.05, 0.1) is 18.7 Å². The van der Waals surface area contributed by atoms with Crippen molar-refractivity contribution in [2.45, 2.75) is 0 Å². The molecule has 5 nitrogen and oxygen atoms in total. The number of carbonyl (C=O) groups is 1. The Labute approximate surface area is 125 Å². The first-order valence-corrected chi connectivity index (χ1v) is 7.10. The molecule has 0 atom stereocenters. The van der Waals surface area contributed by atoms with Crippen LogP contribution in [0, 0.1) is 0 Å². The molecule has 0 aliphatic carbocycles. The Morgan fingerprint density at radius 3 is 3.00 bits per heavy atom. The highest BCUT2D eigenvalue weighted by atomic mass is 35.5. The van der Waals surface area contributed by atoms with Gasteiger partial charge < -0.3 is 14.8 Å². The molecule has 7 heteroatoms. The summed E-state index contributed by atoms with van der Waals surface area (Å²) in [5, 5.41) is 5.11. The molecule has 1 N–H and O–H groups in total. The first kappa shape index (κ1) is 14.6. The SMILES string of the molecule is COc1ccsc1C(=O)NCCOc1ccc(Cl)cn1. The monoisotopic (exact) mass is 312 g/mol. The minimum Gasteiger partial charge on any atom is -0.495 e. The zero-order valence-electron chi connectivity index (χ0n) is 10.8. The predicted octanol–water partition coefficient (Wildman–Crippen LogP) is 2.61. The van der Waals surface area contributed by atoms with Gasteiger partial charge in [0.2, 0.25) is 5.88 Å². The molecule has 0 bridgehead atoms. The summed E-state index contributed by atoms with van der Waals surface area (Å²) in [6.07, 6.45) is 1.51. The molecule has 2 heterocycles. The summed E-state index contributed by atoms with van der Waals surface area (Å²) in [4.78, 5) is 16.4. The van der Waals surface area contributed by atoms with Gasteiger partial charge in [-0.15, -0.1) is 11.3 Å². The van der Waals surface area contributed by atoms with Crippen molar-refractivity contribution >= 4 is 28.8 Å². The second-order valence-corrected chi connectivity index (χ2v) is 5.09. The van der Waals surface area contributed by atoms with Crippen LogP contribution in [0.2, 0.25) is 5.02 Å². The van der Waals surface area contributed by atoms with Crippen molar-refractivity contribution in [3.63, 3.8) is 0 Å². The number of nitrogens with zero attached hydrogens (tertiary/aromatic N) is 1. The molecule has 0 aliphatic heterocycles. The summed E-state index contributed by atoms with van der Waals surface area (Å²) in [6, 6.07) is 5.12. The van der Waals surface area contributed by atoms with Gasteiger partial charge in [0.25, 0.3) is 5.91 Å². The average molecular weight is 313 g/mol. The molecule has 2 rings (SSSR count). The van der Waals surface area contributed by atoms with Gasteiger partial charge in [-0.1, -0.05) is 11.6 Å². The highest BCUT2D eigenvalue weighted by Gasteiger charge is 2.12. The lowest BCUT2D eigenvalue weighted by molar-refractivity contribution is 0.0948. The second-order valence-electron chi connectivity index (χ2n) is 3.74. The molecule has 20 heavy (non-hydrogen) atoms. The number of pyridine rings is 1. The quantitative estimate of drug-likeness (QED) is 0.833. The van der Waals surface area contributed by atoms with E-state index >= 15 is 0 Å². The topological polar surface area (TPSA) is 60.5 Å². The maximum Gasteiger partial charge on any atom is 0.265 e. The molecule has 0 spiro atoms. The molecule has 2 aromatic heterocycles. The van der Waals surface area contributed by atoms with Crippen LogP contribution in [-0.2, 0) is 0 Å². The van der Waals surface area contributed by atoms with E-state index in [2.05, 4.69) is 10.3 Å². The Balaban J connectivity index is 1.76. The fourth-order valence-electron chi connectivity index (χ4n) is 1.47. The Hall–Kier alpha value is -1.79. The maximum absolute atomic E-state index is 11.9. The van der Waals surface area contributed by atoms with Crippen LogP contribution < -0.4 is 14.8 Å². The van der Waals surface area contributed by atoms with E-state index in [1.165, 1.54) is 24.6 Å². The van der Waals surface area contributed by atoms with Crippen LogP contribution >= 0.6 is 22.9 Å². The van der Waals surface area contributed by atoms with Gasteiger partial charge in [-0.25, -0.2) is 4.98 Å². The van der Waals surface area contributed by atoms with Crippen molar-refractivity contribution in [2.75, 3.05) is 20.3 Å². The van der Waals surface area contributed by atoms with Gasteiger partial charge >= 0.3 is 0 Å². The van der Waals surface area contributed by atoms with E-state index in [0.29, 0.717) is 34.7 Å². The van der Waals surface area contributed by atoms with Crippen molar-refractivity contribution in [2.24, 2.45) is 0 Å². The van der Waals surface area contributed by atoms with Crippen molar-refractivity contribution in [1.29, 1.82) is 0 Å². The molecular weight excluding hydrogens is 300 g/mol. The highest BCUT2D eigenvalue weighted by Crippen LogP contribution is 2.23. The number of methoxy groups -OCH3 is 1. The van der Waals surface area contributed by atoms with E-state index in [-0.39, 0.29) is 5.91 Å². The third-order valence-electron chi connectivity index (χ3n) is 2.39. The first-order valence-electron chi connectivity index (χ1n) is 5.84. The lowest BCUT2D eigenvalue weighted by atomic mass is 10.4. The van der Waals surface area contributed by atoms with E-state index < -0.39 is 0 Å². The summed E-state index contributed by atoms with van der Waals surface area (Å²) >= 11 is 7.05. The Bertz CT molecular complexity index is 571. The Kier molecular flexibility index (Phi) is 5.20. The van der Waals surface area contributed by atoms with Crippen LogP contribution in [0.25, 0.3) is 0 Å². The summed E-state index contributed by atoms with van der Waals surface area (Å²) < 4.78 is 10.5. The van der Waals surface area contributed by atoms with Gasteiger partial charge in [-0.3, -0.25) is 4.79 Å². The third kappa shape index (κ3) is 3.85. The van der Waals surface area contributed by atoms with E-state index in [4.69, 9.17) is 21.1 Å². The van der Waals surface area contributed by atoms with Crippen LogP contribution in [0.15, 0.2) is 29.8 Å². The zero-order valence-corrected chi connectivity index (χ0v) is 12.3. The van der Waals surface area contributed by atoms with Crippen molar-refractivity contribution in [3.8, 4) is 11.6 Å². The molecule has 2 aromatic rings. The van der Waals surface area contributed by atoms with Gasteiger partial charge in [-0.05, 0) is 17.5 Å². The van der Waals surface area contributed by atoms with Gasteiger partial charge in [0.1, 0.15) is 17.2 Å². The normalized spacial score (nSPS) is 10.1. The van der Waals surface area contributed by atoms with E-state index in [1.807, 2.05) is 5.38 Å². The van der Waals surface area contributed by atoms with Crippen molar-refractivity contribution < 1.29 is 14.3 Å². The minimum atomic E-state index is -0.176. The molecule has 0 aromatic carbocycles. The molecule has 0 fully saturated rings. The summed E-state index contributed by atoms with van der Waals surface area (Å²) in [6.45, 7) is 0.707. The van der Waals surface area contributed by atoms with E-state index in [9.17, 15) is 4.79 Å². The standard InChI is InChI=1S/C13H13ClN2O3S/c1-18-10-4-7-20-12(10)13(17)15-5-6-19-11-3-2-9(14)8-16-11/h2-4,7-8H,5-6H2,1H3,(H,15,17). The minimum absolute atomic E-state index is 0.176. The number of aromatic nitrogens is 1. The first-order chi connectivity index (χ1) is 9.70. The van der Waals surface area contributed by atoms with Crippen LogP contribution in [0.4, 0.5) is 0 Å². The van der Waals surface area contributed by atoms with Crippen molar-refractivity contribution in [3.05, 3.63) is 39.7 Å². The Morgan fingerprint density at radius 1 is 1.45 bits per heavy atom. The summed E-state index contributed by atoms with van der Waals surface area (Å²) in [5.74, 6) is 0.870. The largest absolute Gasteiger partial charge is 0.495 e. The van der Waals surface area contributed by atoms with Gasteiger partial charge in [0.15, 0.2) is 0 Å². The van der Waals surface area contributed by atoms with Crippen LogP contribution in [0.1, 0.15) is 9.67 Å². The van der Waals surface area contributed by atoms with Gasteiger partial charge in [-0.2, -0.15) is 0 Å². The smallest absolute Gasteiger partial charge is 0.265 e. The number of hydrogen-bond acceptors (Lipinski definition) is 5. The highest BCUT2D eigenvalue weighted by molar-refractivity contribution is 7.12. The maximum atomic E-state index is 11.9. The fourth-order valence-corrected chi connectivity index (χ4v) is 2.36. The molecule has 0 radical (unpaired) electrons. The molecule has 0 saturated heterocycles. The number of thiophene rings is 1. The molecule has 1 amide bonds. The molecule has 0 unspecified atom stereocenters. The number of ether oxygens (including phenoxy) is 2. The summed E-state index contributed by atoms with van der Waals surface area (Å²) in [5.41, 5.74) is 0. The predicted molar refractivity (Wildman–Crippen MR) is 77.9 cm³/mol. The molecule has 0 aliphatic rings. The van der Waals surface area contributed by atoms with E-state index in [1.54, 1.807) is 18.2 Å². The zero-order chi connectivity index (χ0) is 14.4. The van der Waals surface area contributed by atoms with Crippen LogP contribution in [0.3, 0.4) is 0 Å². The number of rotatable bonds is 6. The lowest BCUT2D eigenvalue weighted by Crippen LogP contribution is -2.27. The number of halogens is 1. The summed E-state index contributed by atoms with van der Waals surface area (Å²) in [7, 11) is 1.54. The Morgan fingerprint density at radius 2 is 2.30 bits per heavy atom. The number of hydrogen-bond donors (Lipinski definition) is 1. The van der Waals surface area contributed by atoms with Crippen molar-refractivity contribution in [1.82, 2.24) is 10.3 Å². The van der Waals surface area contributed by atoms with Crippen LogP contribution in [0.5, 0.6) is 11.6 Å². The lowest BCUT2D eigenvalue weighted by Gasteiger charge is -2.07. The molecular formula is C13H13ClN2O3S. The molecule has 0 saturated carbocycles. The average Bonchev–Trinajstić information content (AvgIpc) is 2.94. The number of amides is 1. The second kappa shape index (κ2) is 7.12. The van der Waals surface area contributed by atoms with Crippen LogP contribution in [-0.4, -0.2) is 31.2 Å².